The van der Waals surface area contributed by atoms with Gasteiger partial charge in [-0.05, 0) is 64.4 Å². The number of hydrogen-bond acceptors (Lipinski definition) is 8. The monoisotopic (exact) mass is 441 g/mol. The van der Waals surface area contributed by atoms with Gasteiger partial charge in [-0.1, -0.05) is 11.8 Å². The van der Waals surface area contributed by atoms with E-state index in [4.69, 9.17) is 14.2 Å². The summed E-state index contributed by atoms with van der Waals surface area (Å²) in [7, 11) is 4.85. The Balaban J connectivity index is 1.42. The summed E-state index contributed by atoms with van der Waals surface area (Å²) in [6, 6.07) is 11.4. The summed E-state index contributed by atoms with van der Waals surface area (Å²) in [4.78, 5) is 14.7. The molecule has 2 aromatic carbocycles. The van der Waals surface area contributed by atoms with Gasteiger partial charge in [-0.2, -0.15) is 4.68 Å². The molecular weight excluding hydrogens is 418 g/mol. The molecule has 4 rings (SSSR count). The molecule has 0 spiro atoms. The van der Waals surface area contributed by atoms with Crippen molar-refractivity contribution in [3.63, 3.8) is 0 Å². The van der Waals surface area contributed by atoms with Crippen LogP contribution in [0.25, 0.3) is 5.69 Å². The van der Waals surface area contributed by atoms with Crippen molar-refractivity contribution in [3.05, 3.63) is 47.5 Å². The zero-order valence-electron chi connectivity index (χ0n) is 17.6. The summed E-state index contributed by atoms with van der Waals surface area (Å²) < 4.78 is 17.6. The fourth-order valence-corrected chi connectivity index (χ4v) is 4.26. The average molecular weight is 442 g/mol. The molecule has 0 fully saturated rings. The molecule has 1 aromatic heterocycles. The van der Waals surface area contributed by atoms with Crippen molar-refractivity contribution in [3.8, 4) is 22.9 Å². The van der Waals surface area contributed by atoms with Crippen LogP contribution < -0.4 is 14.2 Å². The van der Waals surface area contributed by atoms with Gasteiger partial charge in [-0.3, -0.25) is 4.79 Å². The van der Waals surface area contributed by atoms with Gasteiger partial charge < -0.3 is 19.1 Å². The van der Waals surface area contributed by atoms with Crippen molar-refractivity contribution in [2.75, 3.05) is 33.6 Å². The number of nitrogens with zero attached hydrogens (tertiary/aromatic N) is 5. The van der Waals surface area contributed by atoms with Crippen molar-refractivity contribution in [2.24, 2.45) is 0 Å². The van der Waals surface area contributed by atoms with Crippen LogP contribution in [-0.4, -0.2) is 64.6 Å². The molecule has 0 N–H and O–H groups in total. The SMILES string of the molecule is COc1ccc(-n2nnnc2SCC(=O)N2CCc3cc(OC)c(OC)cc3C2)cc1. The Kier molecular flexibility index (Phi) is 6.26. The summed E-state index contributed by atoms with van der Waals surface area (Å²) in [5.74, 6) is 2.42. The summed E-state index contributed by atoms with van der Waals surface area (Å²) in [5, 5.41) is 12.4. The highest BCUT2D eigenvalue weighted by Gasteiger charge is 2.23. The molecule has 162 valence electrons. The summed E-state index contributed by atoms with van der Waals surface area (Å²) >= 11 is 1.31. The van der Waals surface area contributed by atoms with Gasteiger partial charge in [-0.25, -0.2) is 0 Å². The maximum absolute atomic E-state index is 12.9. The van der Waals surface area contributed by atoms with Crippen LogP contribution in [0, 0.1) is 0 Å². The third kappa shape index (κ3) is 4.43. The molecule has 2 heterocycles. The first kappa shape index (κ1) is 21.0. The van der Waals surface area contributed by atoms with Gasteiger partial charge in [-0.15, -0.1) is 5.10 Å². The number of thioether (sulfide) groups is 1. The number of tetrazole rings is 1. The standard InChI is InChI=1S/C21H23N5O4S/c1-28-17-6-4-16(5-7-17)26-21(22-23-24-26)31-13-20(27)25-9-8-14-10-18(29-2)19(30-3)11-15(14)12-25/h4-7,10-11H,8-9,12-13H2,1-3H3. The molecule has 10 heteroatoms. The molecule has 0 aliphatic carbocycles. The fourth-order valence-electron chi connectivity index (χ4n) is 3.47. The normalized spacial score (nSPS) is 12.9. The zero-order chi connectivity index (χ0) is 21.8. The Morgan fingerprint density at radius 3 is 2.42 bits per heavy atom. The lowest BCUT2D eigenvalue weighted by Gasteiger charge is -2.29. The third-order valence-corrected chi connectivity index (χ3v) is 6.06. The molecule has 0 unspecified atom stereocenters. The topological polar surface area (TPSA) is 91.6 Å². The van der Waals surface area contributed by atoms with E-state index >= 15 is 0 Å². The summed E-state index contributed by atoms with van der Waals surface area (Å²) in [6.07, 6.45) is 0.773. The van der Waals surface area contributed by atoms with Gasteiger partial charge in [0, 0.05) is 13.1 Å². The number of benzene rings is 2. The molecule has 3 aromatic rings. The van der Waals surface area contributed by atoms with E-state index in [1.807, 2.05) is 41.3 Å². The smallest absolute Gasteiger partial charge is 0.233 e. The second-order valence-electron chi connectivity index (χ2n) is 6.90. The first-order valence-corrected chi connectivity index (χ1v) is 10.7. The van der Waals surface area contributed by atoms with Gasteiger partial charge in [0.1, 0.15) is 5.75 Å². The maximum atomic E-state index is 12.9. The van der Waals surface area contributed by atoms with Crippen LogP contribution in [0.5, 0.6) is 17.2 Å². The number of carbonyl (C=O) groups excluding carboxylic acids is 1. The number of methoxy groups -OCH3 is 3. The number of ether oxygens (including phenoxy) is 3. The zero-order valence-corrected chi connectivity index (χ0v) is 18.4. The first-order chi connectivity index (χ1) is 15.1. The highest BCUT2D eigenvalue weighted by Crippen LogP contribution is 2.33. The molecule has 1 aliphatic rings. The lowest BCUT2D eigenvalue weighted by Crippen LogP contribution is -2.37. The third-order valence-electron chi connectivity index (χ3n) is 5.15. The molecule has 0 bridgehead atoms. The maximum Gasteiger partial charge on any atom is 0.233 e. The van der Waals surface area contributed by atoms with Crippen LogP contribution in [0.1, 0.15) is 11.1 Å². The van der Waals surface area contributed by atoms with E-state index in [1.54, 1.807) is 26.0 Å². The average Bonchev–Trinajstić information content (AvgIpc) is 3.29. The predicted octanol–water partition coefficient (Wildman–Crippen LogP) is 2.37. The minimum atomic E-state index is 0.0368. The quantitative estimate of drug-likeness (QED) is 0.516. The Hall–Kier alpha value is -3.27. The second kappa shape index (κ2) is 9.25. The van der Waals surface area contributed by atoms with Crippen molar-refractivity contribution < 1.29 is 19.0 Å². The minimum Gasteiger partial charge on any atom is -0.497 e. The Morgan fingerprint density at radius 1 is 1.03 bits per heavy atom. The Morgan fingerprint density at radius 2 is 1.74 bits per heavy atom. The molecule has 0 radical (unpaired) electrons. The number of amides is 1. The Labute approximate surface area is 184 Å². The summed E-state index contributed by atoms with van der Waals surface area (Å²) in [5.41, 5.74) is 3.05. The molecule has 31 heavy (non-hydrogen) atoms. The van der Waals surface area contributed by atoms with Crippen LogP contribution in [0.2, 0.25) is 0 Å². The lowest BCUT2D eigenvalue weighted by atomic mass is 9.99. The highest BCUT2D eigenvalue weighted by molar-refractivity contribution is 7.99. The number of rotatable bonds is 7. The van der Waals surface area contributed by atoms with Gasteiger partial charge >= 0.3 is 0 Å². The second-order valence-corrected chi connectivity index (χ2v) is 7.84. The van der Waals surface area contributed by atoms with E-state index in [-0.39, 0.29) is 11.7 Å². The summed E-state index contributed by atoms with van der Waals surface area (Å²) in [6.45, 7) is 1.20. The Bertz CT molecular complexity index is 1070. The molecule has 0 atom stereocenters. The minimum absolute atomic E-state index is 0.0368. The molecule has 0 saturated heterocycles. The van der Waals surface area contributed by atoms with Crippen LogP contribution in [-0.2, 0) is 17.8 Å². The predicted molar refractivity (Wildman–Crippen MR) is 115 cm³/mol. The molecule has 1 aliphatic heterocycles. The van der Waals surface area contributed by atoms with E-state index in [1.165, 1.54) is 17.3 Å². The van der Waals surface area contributed by atoms with E-state index in [0.29, 0.717) is 29.7 Å². The van der Waals surface area contributed by atoms with Crippen LogP contribution in [0.15, 0.2) is 41.6 Å². The van der Waals surface area contributed by atoms with Gasteiger partial charge in [0.2, 0.25) is 11.1 Å². The van der Waals surface area contributed by atoms with Gasteiger partial charge in [0.15, 0.2) is 11.5 Å². The number of carbonyl (C=O) groups is 1. The molecular formula is C21H23N5O4S. The number of hydrogen-bond donors (Lipinski definition) is 0. The van der Waals surface area contributed by atoms with E-state index < -0.39 is 0 Å². The van der Waals surface area contributed by atoms with Crippen LogP contribution >= 0.6 is 11.8 Å². The van der Waals surface area contributed by atoms with Crippen molar-refractivity contribution in [1.82, 2.24) is 25.1 Å². The van der Waals surface area contributed by atoms with Crippen LogP contribution in [0.3, 0.4) is 0 Å². The van der Waals surface area contributed by atoms with Crippen molar-refractivity contribution in [2.45, 2.75) is 18.1 Å². The largest absolute Gasteiger partial charge is 0.497 e. The molecule has 1 amide bonds. The fraction of sp³-hybridized carbons (Fsp3) is 0.333. The van der Waals surface area contributed by atoms with E-state index in [0.717, 1.165) is 23.4 Å². The lowest BCUT2D eigenvalue weighted by molar-refractivity contribution is -0.129. The molecule has 9 nitrogen and oxygen atoms in total. The van der Waals surface area contributed by atoms with E-state index in [9.17, 15) is 4.79 Å². The highest BCUT2D eigenvalue weighted by atomic mass is 32.2. The molecule has 0 saturated carbocycles. The van der Waals surface area contributed by atoms with E-state index in [2.05, 4.69) is 15.5 Å². The van der Waals surface area contributed by atoms with Gasteiger partial charge in [0.25, 0.3) is 0 Å². The van der Waals surface area contributed by atoms with Crippen molar-refractivity contribution >= 4 is 17.7 Å². The van der Waals surface area contributed by atoms with Crippen LogP contribution in [0.4, 0.5) is 0 Å². The number of aromatic nitrogens is 4. The van der Waals surface area contributed by atoms with Gasteiger partial charge in [0.05, 0.1) is 32.8 Å². The number of fused-ring (bicyclic) bond motifs is 1. The van der Waals surface area contributed by atoms with Crippen molar-refractivity contribution in [1.29, 1.82) is 0 Å². The first-order valence-electron chi connectivity index (χ1n) is 9.70.